The SMILES string of the molecule is C=CC(=O)N(C)c1cccc(-c2ccc3cc(-c4nc5cc(C(=O)N6CC7CCC6[C@@H]7C)cc(OC)c5n4C)n(CC4CC4)c3c2)c1. The summed E-state index contributed by atoms with van der Waals surface area (Å²) in [6, 6.07) is 21.0. The molecule has 0 N–H and O–H groups in total. The van der Waals surface area contributed by atoms with Crippen molar-refractivity contribution in [1.82, 2.24) is 19.0 Å². The van der Waals surface area contributed by atoms with E-state index >= 15 is 0 Å². The Morgan fingerprint density at radius 3 is 2.55 bits per heavy atom. The van der Waals surface area contributed by atoms with Crippen molar-refractivity contribution < 1.29 is 14.3 Å². The average molecular weight is 628 g/mol. The maximum atomic E-state index is 13.8. The second-order valence-corrected chi connectivity index (χ2v) is 13.8. The summed E-state index contributed by atoms with van der Waals surface area (Å²) in [6.45, 7) is 7.68. The van der Waals surface area contributed by atoms with Gasteiger partial charge in [0.2, 0.25) is 5.91 Å². The smallest absolute Gasteiger partial charge is 0.254 e. The van der Waals surface area contributed by atoms with E-state index in [0.29, 0.717) is 35.1 Å². The van der Waals surface area contributed by atoms with Gasteiger partial charge >= 0.3 is 0 Å². The molecule has 2 aliphatic carbocycles. The highest BCUT2D eigenvalue weighted by Gasteiger charge is 2.46. The van der Waals surface area contributed by atoms with Gasteiger partial charge in [0.05, 0.1) is 18.3 Å². The van der Waals surface area contributed by atoms with Gasteiger partial charge in [-0.1, -0.05) is 37.8 Å². The van der Waals surface area contributed by atoms with Crippen LogP contribution in [0.4, 0.5) is 5.69 Å². The molecule has 1 aliphatic heterocycles. The summed E-state index contributed by atoms with van der Waals surface area (Å²) in [7, 11) is 5.47. The number of carbonyl (C=O) groups is 2. The summed E-state index contributed by atoms with van der Waals surface area (Å²) < 4.78 is 10.4. The maximum absolute atomic E-state index is 13.8. The minimum atomic E-state index is -0.145. The monoisotopic (exact) mass is 627 g/mol. The minimum absolute atomic E-state index is 0.0796. The number of carbonyl (C=O) groups excluding carboxylic acids is 2. The quantitative estimate of drug-likeness (QED) is 0.169. The van der Waals surface area contributed by atoms with Crippen molar-refractivity contribution in [3.05, 3.63) is 78.9 Å². The first-order chi connectivity index (χ1) is 22.7. The molecule has 2 unspecified atom stereocenters. The highest BCUT2D eigenvalue weighted by Crippen LogP contribution is 2.44. The van der Waals surface area contributed by atoms with Crippen molar-refractivity contribution >= 4 is 39.4 Å². The minimum Gasteiger partial charge on any atom is -0.494 e. The number of benzene rings is 3. The molecule has 2 aromatic heterocycles. The molecular weight excluding hydrogens is 586 g/mol. The average Bonchev–Trinajstić information content (AvgIpc) is 3.50. The molecule has 2 saturated carbocycles. The summed E-state index contributed by atoms with van der Waals surface area (Å²) in [5, 5.41) is 1.15. The number of fused-ring (bicyclic) bond motifs is 4. The Morgan fingerprint density at radius 2 is 1.85 bits per heavy atom. The van der Waals surface area contributed by atoms with Crippen LogP contribution >= 0.6 is 0 Å². The lowest BCUT2D eigenvalue weighted by Gasteiger charge is -2.27. The lowest BCUT2D eigenvalue weighted by atomic mass is 10.0. The van der Waals surface area contributed by atoms with Gasteiger partial charge < -0.3 is 23.7 Å². The van der Waals surface area contributed by atoms with Crippen LogP contribution in [0.15, 0.2) is 73.3 Å². The molecule has 1 saturated heterocycles. The fourth-order valence-electron chi connectivity index (χ4n) is 8.06. The number of piperidine rings is 1. The van der Waals surface area contributed by atoms with E-state index in [1.165, 1.54) is 25.3 Å². The van der Waals surface area contributed by atoms with Crippen LogP contribution in [-0.4, -0.2) is 57.6 Å². The van der Waals surface area contributed by atoms with Crippen LogP contribution in [0.5, 0.6) is 5.75 Å². The first-order valence-electron chi connectivity index (χ1n) is 16.8. The van der Waals surface area contributed by atoms with Gasteiger partial charge in [0.25, 0.3) is 5.91 Å². The van der Waals surface area contributed by atoms with E-state index in [4.69, 9.17) is 9.72 Å². The molecule has 3 atom stereocenters. The lowest BCUT2D eigenvalue weighted by molar-refractivity contribution is -0.113. The third kappa shape index (κ3) is 4.84. The first-order valence-corrected chi connectivity index (χ1v) is 16.8. The molecule has 8 heteroatoms. The van der Waals surface area contributed by atoms with Crippen LogP contribution in [0.2, 0.25) is 0 Å². The molecule has 8 rings (SSSR count). The van der Waals surface area contributed by atoms with E-state index in [-0.39, 0.29) is 11.8 Å². The Labute approximate surface area is 275 Å². The molecule has 0 radical (unpaired) electrons. The van der Waals surface area contributed by atoms with Gasteiger partial charge in [-0.2, -0.15) is 0 Å². The number of hydrogen-bond acceptors (Lipinski definition) is 4. The van der Waals surface area contributed by atoms with Crippen molar-refractivity contribution in [3.8, 4) is 28.4 Å². The van der Waals surface area contributed by atoms with Gasteiger partial charge in [-0.15, -0.1) is 0 Å². The number of hydrogen-bond donors (Lipinski definition) is 0. The largest absolute Gasteiger partial charge is 0.494 e. The van der Waals surface area contributed by atoms with Crippen LogP contribution in [0, 0.1) is 17.8 Å². The molecule has 240 valence electrons. The summed E-state index contributed by atoms with van der Waals surface area (Å²) in [5.74, 6) is 3.26. The third-order valence-corrected chi connectivity index (χ3v) is 11.0. The van der Waals surface area contributed by atoms with Crippen molar-refractivity contribution in [2.24, 2.45) is 24.8 Å². The Balaban J connectivity index is 1.21. The molecule has 2 bridgehead atoms. The molecular formula is C39H41N5O3. The zero-order valence-corrected chi connectivity index (χ0v) is 27.6. The van der Waals surface area contributed by atoms with Crippen LogP contribution in [-0.2, 0) is 18.4 Å². The van der Waals surface area contributed by atoms with Gasteiger partial charge in [0, 0.05) is 55.4 Å². The lowest BCUT2D eigenvalue weighted by Crippen LogP contribution is -2.38. The molecule has 2 amide bonds. The van der Waals surface area contributed by atoms with E-state index in [9.17, 15) is 9.59 Å². The summed E-state index contributed by atoms with van der Waals surface area (Å²) in [4.78, 5) is 35.0. The number of rotatable bonds is 8. The van der Waals surface area contributed by atoms with E-state index in [0.717, 1.165) is 69.8 Å². The highest BCUT2D eigenvalue weighted by atomic mass is 16.5. The molecule has 8 nitrogen and oxygen atoms in total. The molecule has 3 fully saturated rings. The number of amides is 2. The zero-order chi connectivity index (χ0) is 32.6. The molecule has 3 aromatic carbocycles. The van der Waals surface area contributed by atoms with E-state index in [1.54, 1.807) is 19.1 Å². The first kappa shape index (κ1) is 29.5. The van der Waals surface area contributed by atoms with Crippen molar-refractivity contribution in [2.75, 3.05) is 25.6 Å². The van der Waals surface area contributed by atoms with E-state index < -0.39 is 0 Å². The molecule has 3 aliphatic rings. The van der Waals surface area contributed by atoms with Gasteiger partial charge in [0.15, 0.2) is 5.82 Å². The number of nitrogens with zero attached hydrogens (tertiary/aromatic N) is 5. The molecule has 3 heterocycles. The molecule has 47 heavy (non-hydrogen) atoms. The van der Waals surface area contributed by atoms with Gasteiger partial charge in [-0.05, 0) is 97.0 Å². The number of methoxy groups -OCH3 is 1. The summed E-state index contributed by atoms with van der Waals surface area (Å²) in [6.07, 6.45) is 6.10. The Morgan fingerprint density at radius 1 is 1.04 bits per heavy atom. The Bertz CT molecular complexity index is 2090. The van der Waals surface area contributed by atoms with Crippen LogP contribution in [0.1, 0.15) is 43.0 Å². The number of ether oxygens (including phenoxy) is 1. The topological polar surface area (TPSA) is 72.6 Å². The highest BCUT2D eigenvalue weighted by molar-refractivity contribution is 6.02. The number of likely N-dealkylation sites (tertiary alicyclic amines) is 1. The zero-order valence-electron chi connectivity index (χ0n) is 27.6. The normalized spacial score (nSPS) is 20.3. The standard InChI is InChI=1S/C39H41N5O3/c1-6-36(45)41(3)30-9-7-8-25(16-30)26-12-13-27-19-34(43(33(27)18-26)21-24-10-11-24)38-40-31-17-29(20-35(47-5)37(31)42(38)4)39(46)44-22-28-14-15-32(44)23(28)2/h6-9,12-13,16-20,23-24,28,32H,1,10-11,14-15,21-22H2,2-5H3/t23-,28?,32?/m1/s1. The molecule has 0 spiro atoms. The Kier molecular flexibility index (Phi) is 7.01. The van der Waals surface area contributed by atoms with Gasteiger partial charge in [0.1, 0.15) is 11.3 Å². The number of aryl methyl sites for hydroxylation is 1. The van der Waals surface area contributed by atoms with Crippen LogP contribution in [0.25, 0.3) is 44.6 Å². The van der Waals surface area contributed by atoms with Crippen molar-refractivity contribution in [2.45, 2.75) is 45.2 Å². The predicted octanol–water partition coefficient (Wildman–Crippen LogP) is 7.30. The fraction of sp³-hybridized carbons (Fsp3) is 0.359. The fourth-order valence-corrected chi connectivity index (χ4v) is 8.06. The van der Waals surface area contributed by atoms with Gasteiger partial charge in [-0.3, -0.25) is 9.59 Å². The summed E-state index contributed by atoms with van der Waals surface area (Å²) in [5.41, 5.74) is 7.44. The maximum Gasteiger partial charge on any atom is 0.254 e. The second kappa shape index (κ2) is 11.1. The predicted molar refractivity (Wildman–Crippen MR) is 187 cm³/mol. The number of likely N-dealkylation sites (N-methyl/N-ethyl adjacent to an activating group) is 1. The number of anilines is 1. The van der Waals surface area contributed by atoms with Crippen LogP contribution < -0.4 is 9.64 Å². The second-order valence-electron chi connectivity index (χ2n) is 13.8. The van der Waals surface area contributed by atoms with E-state index in [2.05, 4.69) is 57.9 Å². The van der Waals surface area contributed by atoms with Crippen LogP contribution in [0.3, 0.4) is 0 Å². The third-order valence-electron chi connectivity index (χ3n) is 11.0. The van der Waals surface area contributed by atoms with Crippen molar-refractivity contribution in [3.63, 3.8) is 0 Å². The molecule has 5 aromatic rings. The van der Waals surface area contributed by atoms with Crippen molar-refractivity contribution in [1.29, 1.82) is 0 Å². The number of imidazole rings is 1. The van der Waals surface area contributed by atoms with Gasteiger partial charge in [-0.25, -0.2) is 4.98 Å². The van der Waals surface area contributed by atoms with E-state index in [1.807, 2.05) is 37.4 Å². The summed E-state index contributed by atoms with van der Waals surface area (Å²) >= 11 is 0. The number of aromatic nitrogens is 3. The Hall–Kier alpha value is -4.85.